The van der Waals surface area contributed by atoms with Gasteiger partial charge in [-0.15, -0.1) is 0 Å². The van der Waals surface area contributed by atoms with Gasteiger partial charge in [-0.2, -0.15) is 12.6 Å². The first-order chi connectivity index (χ1) is 2.27. The summed E-state index contributed by atoms with van der Waals surface area (Å²) in [6.45, 7) is 0. The molecule has 1 N–H and O–H groups in total. The van der Waals surface area contributed by atoms with Crippen molar-refractivity contribution in [1.82, 2.24) is 0 Å². The number of rotatable bonds is 1. The van der Waals surface area contributed by atoms with Crippen LogP contribution in [0, 0.1) is 0 Å². The maximum absolute atomic E-state index is 9.29. The standard InChI is InChI=1S/C2H4O2S.Mn/c3-2(4)1-5;/h5H,1H2,(H,3,4);. The normalized spacial score (nSPS) is 6.17. The Hall–Kier alpha value is 0.339. The molecule has 0 aliphatic rings. The van der Waals surface area contributed by atoms with Crippen LogP contribution in [-0.4, -0.2) is 16.8 Å². The quantitative estimate of drug-likeness (QED) is 0.404. The Kier molecular flexibility index (Phi) is 8.54. The van der Waals surface area contributed by atoms with E-state index in [2.05, 4.69) is 12.6 Å². The number of carboxylic acid groups (broad SMARTS) is 1. The van der Waals surface area contributed by atoms with Crippen molar-refractivity contribution in [1.29, 1.82) is 0 Å². The first-order valence-corrected chi connectivity index (χ1v) is 1.73. The SMILES string of the molecule is O=C(O)CS.[Mn]. The van der Waals surface area contributed by atoms with Gasteiger partial charge in [-0.3, -0.25) is 4.79 Å². The largest absolute Gasteiger partial charge is 0.481 e. The van der Waals surface area contributed by atoms with E-state index >= 15 is 0 Å². The molecule has 0 aliphatic heterocycles. The molecule has 1 radical (unpaired) electrons. The minimum Gasteiger partial charge on any atom is -0.481 e. The minimum atomic E-state index is -0.881. The summed E-state index contributed by atoms with van der Waals surface area (Å²) < 4.78 is 0. The molecule has 6 heavy (non-hydrogen) atoms. The Balaban J connectivity index is 0. The molecular weight excluding hydrogens is 143 g/mol. The molecule has 0 saturated carbocycles. The van der Waals surface area contributed by atoms with Crippen LogP contribution in [0.25, 0.3) is 0 Å². The summed E-state index contributed by atoms with van der Waals surface area (Å²) >= 11 is 3.42. The van der Waals surface area contributed by atoms with E-state index in [9.17, 15) is 4.79 Å². The number of thiol groups is 1. The molecule has 0 rings (SSSR count). The third-order valence-electron chi connectivity index (χ3n) is 0.135. The molecule has 0 saturated heterocycles. The van der Waals surface area contributed by atoms with Crippen molar-refractivity contribution >= 4 is 18.6 Å². The molecule has 0 atom stereocenters. The molecule has 0 spiro atoms. The number of aliphatic carboxylic acids is 1. The van der Waals surface area contributed by atoms with Crippen LogP contribution in [0.15, 0.2) is 0 Å². The zero-order valence-corrected chi connectivity index (χ0v) is 4.96. The van der Waals surface area contributed by atoms with E-state index in [1.807, 2.05) is 0 Å². The fraction of sp³-hybridized carbons (Fsp3) is 0.500. The van der Waals surface area contributed by atoms with Gasteiger partial charge in [0.15, 0.2) is 0 Å². The molecule has 0 heterocycles. The zero-order valence-electron chi connectivity index (χ0n) is 2.89. The van der Waals surface area contributed by atoms with Crippen LogP contribution in [0.3, 0.4) is 0 Å². The summed E-state index contributed by atoms with van der Waals surface area (Å²) in [4.78, 5) is 9.29. The van der Waals surface area contributed by atoms with Gasteiger partial charge in [0.1, 0.15) is 0 Å². The molecule has 0 amide bonds. The van der Waals surface area contributed by atoms with Crippen LogP contribution >= 0.6 is 12.6 Å². The molecule has 0 fully saturated rings. The third kappa shape index (κ3) is 8.84. The second-order valence-electron chi connectivity index (χ2n) is 0.552. The van der Waals surface area contributed by atoms with E-state index < -0.39 is 5.97 Å². The third-order valence-corrected chi connectivity index (χ3v) is 0.406. The summed E-state index contributed by atoms with van der Waals surface area (Å²) in [6, 6.07) is 0. The van der Waals surface area contributed by atoms with Crippen molar-refractivity contribution in [2.24, 2.45) is 0 Å². The van der Waals surface area contributed by atoms with Crippen molar-refractivity contribution in [3.63, 3.8) is 0 Å². The Morgan fingerprint density at radius 3 is 2.00 bits per heavy atom. The van der Waals surface area contributed by atoms with Gasteiger partial charge in [-0.1, -0.05) is 0 Å². The van der Waals surface area contributed by atoms with E-state index in [0.717, 1.165) is 0 Å². The summed E-state index contributed by atoms with van der Waals surface area (Å²) in [6.07, 6.45) is 0. The average molecular weight is 147 g/mol. The minimum absolute atomic E-state index is 0. The monoisotopic (exact) mass is 147 g/mol. The van der Waals surface area contributed by atoms with Crippen LogP contribution < -0.4 is 0 Å². The smallest absolute Gasteiger partial charge is 0.313 e. The van der Waals surface area contributed by atoms with Crippen molar-refractivity contribution < 1.29 is 27.0 Å². The van der Waals surface area contributed by atoms with Crippen LogP contribution in [0.1, 0.15) is 0 Å². The Morgan fingerprint density at radius 1 is 1.83 bits per heavy atom. The van der Waals surface area contributed by atoms with Gasteiger partial charge in [-0.25, -0.2) is 0 Å². The van der Waals surface area contributed by atoms with Crippen molar-refractivity contribution in [3.05, 3.63) is 0 Å². The van der Waals surface area contributed by atoms with Crippen molar-refractivity contribution in [2.75, 3.05) is 5.75 Å². The summed E-state index contributed by atoms with van der Waals surface area (Å²) in [7, 11) is 0. The molecule has 0 aromatic rings. The maximum Gasteiger partial charge on any atom is 0.313 e. The molecule has 37 valence electrons. The van der Waals surface area contributed by atoms with Gasteiger partial charge >= 0.3 is 5.97 Å². The van der Waals surface area contributed by atoms with Crippen LogP contribution in [0.4, 0.5) is 0 Å². The summed E-state index contributed by atoms with van der Waals surface area (Å²) in [5.74, 6) is -0.965. The predicted octanol–water partition coefficient (Wildman–Crippen LogP) is -0.00170. The Morgan fingerprint density at radius 2 is 2.00 bits per heavy atom. The molecule has 0 aliphatic carbocycles. The first kappa shape index (κ1) is 9.60. The molecule has 0 aromatic carbocycles. The molecule has 0 unspecified atom stereocenters. The Labute approximate surface area is 51.8 Å². The van der Waals surface area contributed by atoms with E-state index in [1.54, 1.807) is 0 Å². The molecule has 0 bridgehead atoms. The average Bonchev–Trinajstić information content (AvgIpc) is 1.38. The van der Waals surface area contributed by atoms with Crippen molar-refractivity contribution in [2.45, 2.75) is 0 Å². The van der Waals surface area contributed by atoms with E-state index in [4.69, 9.17) is 5.11 Å². The first-order valence-electron chi connectivity index (χ1n) is 1.10. The number of hydrogen-bond donors (Lipinski definition) is 2. The fourth-order valence-corrected chi connectivity index (χ4v) is 0. The number of carboxylic acids is 1. The molecule has 4 heteroatoms. The van der Waals surface area contributed by atoms with Gasteiger partial charge in [0.25, 0.3) is 0 Å². The number of carbonyl (C=O) groups is 1. The van der Waals surface area contributed by atoms with Gasteiger partial charge in [0.05, 0.1) is 5.75 Å². The van der Waals surface area contributed by atoms with Gasteiger partial charge < -0.3 is 5.11 Å². The zero-order chi connectivity index (χ0) is 4.28. The van der Waals surface area contributed by atoms with E-state index in [0.29, 0.717) is 0 Å². The molecular formula is C2H4MnO2S. The second kappa shape index (κ2) is 5.34. The van der Waals surface area contributed by atoms with Crippen molar-refractivity contribution in [3.8, 4) is 0 Å². The number of hydrogen-bond acceptors (Lipinski definition) is 2. The maximum atomic E-state index is 9.29. The molecule has 0 aromatic heterocycles. The van der Waals surface area contributed by atoms with Gasteiger partial charge in [0, 0.05) is 17.1 Å². The van der Waals surface area contributed by atoms with Crippen LogP contribution in [0.5, 0.6) is 0 Å². The summed E-state index contributed by atoms with van der Waals surface area (Å²) in [5, 5.41) is 7.65. The molecule has 2 nitrogen and oxygen atoms in total. The second-order valence-corrected chi connectivity index (χ2v) is 0.868. The fourth-order valence-electron chi connectivity index (χ4n) is 0. The van der Waals surface area contributed by atoms with Gasteiger partial charge in [0.2, 0.25) is 0 Å². The Bertz CT molecular complexity index is 46.8. The van der Waals surface area contributed by atoms with Gasteiger partial charge in [-0.05, 0) is 0 Å². The topological polar surface area (TPSA) is 37.3 Å². The summed E-state index contributed by atoms with van der Waals surface area (Å²) in [5.41, 5.74) is 0. The van der Waals surface area contributed by atoms with Crippen LogP contribution in [-0.2, 0) is 21.9 Å². The van der Waals surface area contributed by atoms with E-state index in [-0.39, 0.29) is 22.8 Å². The predicted molar refractivity (Wildman–Crippen MR) is 21.5 cm³/mol. The van der Waals surface area contributed by atoms with Crippen LogP contribution in [0.2, 0.25) is 0 Å². The van der Waals surface area contributed by atoms with E-state index in [1.165, 1.54) is 0 Å².